The average Bonchev–Trinajstić information content (AvgIpc) is 2.48. The maximum Gasteiger partial charge on any atom is 0.313 e. The zero-order valence-corrected chi connectivity index (χ0v) is 11.6. The van der Waals surface area contributed by atoms with E-state index in [-0.39, 0.29) is 18.3 Å². The SMILES string of the molecule is O=C(Nc1cccc(F)c1)C(=O)NC1CCC(CO)CC1. The lowest BCUT2D eigenvalue weighted by molar-refractivity contribution is -0.136. The molecular weight excluding hydrogens is 275 g/mol. The molecule has 1 aliphatic carbocycles. The first-order valence-corrected chi connectivity index (χ1v) is 7.06. The maximum absolute atomic E-state index is 13.0. The zero-order valence-electron chi connectivity index (χ0n) is 11.6. The van der Waals surface area contributed by atoms with Crippen molar-refractivity contribution in [2.24, 2.45) is 5.92 Å². The molecule has 0 heterocycles. The Morgan fingerprint density at radius 1 is 1.19 bits per heavy atom. The highest BCUT2D eigenvalue weighted by Gasteiger charge is 2.24. The van der Waals surface area contributed by atoms with Crippen LogP contribution in [0.5, 0.6) is 0 Å². The number of amides is 2. The second-order valence-corrected chi connectivity index (χ2v) is 5.34. The Kier molecular flexibility index (Phi) is 5.27. The predicted octanol–water partition coefficient (Wildman–Crippen LogP) is 1.43. The summed E-state index contributed by atoms with van der Waals surface area (Å²) in [5.74, 6) is -1.70. The molecule has 0 radical (unpaired) electrons. The van der Waals surface area contributed by atoms with Crippen LogP contribution in [-0.2, 0) is 9.59 Å². The van der Waals surface area contributed by atoms with Crippen molar-refractivity contribution in [1.29, 1.82) is 0 Å². The Hall–Kier alpha value is -1.95. The Morgan fingerprint density at radius 2 is 1.90 bits per heavy atom. The van der Waals surface area contributed by atoms with Crippen LogP contribution in [0.2, 0.25) is 0 Å². The normalized spacial score (nSPS) is 21.6. The molecule has 0 atom stereocenters. The molecular formula is C15H19FN2O3. The first-order chi connectivity index (χ1) is 10.1. The molecule has 0 aliphatic heterocycles. The van der Waals surface area contributed by atoms with Gasteiger partial charge in [-0.1, -0.05) is 6.07 Å². The van der Waals surface area contributed by atoms with Crippen LogP contribution in [0, 0.1) is 11.7 Å². The topological polar surface area (TPSA) is 78.4 Å². The third kappa shape index (κ3) is 4.53. The molecule has 0 saturated heterocycles. The van der Waals surface area contributed by atoms with Gasteiger partial charge in [-0.05, 0) is 49.8 Å². The van der Waals surface area contributed by atoms with Crippen LogP contribution in [0.1, 0.15) is 25.7 Å². The molecule has 2 amide bonds. The summed E-state index contributed by atoms with van der Waals surface area (Å²) in [6.07, 6.45) is 3.19. The fraction of sp³-hybridized carbons (Fsp3) is 0.467. The first kappa shape index (κ1) is 15.4. The van der Waals surface area contributed by atoms with Crippen molar-refractivity contribution in [1.82, 2.24) is 5.32 Å². The van der Waals surface area contributed by atoms with Crippen LogP contribution in [0.4, 0.5) is 10.1 Å². The molecule has 0 aromatic heterocycles. The molecule has 21 heavy (non-hydrogen) atoms. The van der Waals surface area contributed by atoms with E-state index in [1.807, 2.05) is 0 Å². The van der Waals surface area contributed by atoms with Gasteiger partial charge in [0.1, 0.15) is 5.82 Å². The third-order valence-corrected chi connectivity index (χ3v) is 3.73. The van der Waals surface area contributed by atoms with E-state index in [0.717, 1.165) is 31.7 Å². The van der Waals surface area contributed by atoms with E-state index in [9.17, 15) is 14.0 Å². The molecule has 1 aromatic carbocycles. The number of hydrogen-bond donors (Lipinski definition) is 3. The van der Waals surface area contributed by atoms with Crippen LogP contribution in [-0.4, -0.2) is 29.6 Å². The lowest BCUT2D eigenvalue weighted by Crippen LogP contribution is -2.43. The summed E-state index contributed by atoms with van der Waals surface area (Å²) < 4.78 is 13.0. The predicted molar refractivity (Wildman–Crippen MR) is 76.0 cm³/mol. The number of carbonyl (C=O) groups is 2. The van der Waals surface area contributed by atoms with Gasteiger partial charge < -0.3 is 15.7 Å². The Labute approximate surface area is 122 Å². The maximum atomic E-state index is 13.0. The van der Waals surface area contributed by atoms with Gasteiger partial charge in [0.25, 0.3) is 0 Å². The second-order valence-electron chi connectivity index (χ2n) is 5.34. The standard InChI is InChI=1S/C15H19FN2O3/c16-11-2-1-3-13(8-11)18-15(21)14(20)17-12-6-4-10(9-19)5-7-12/h1-3,8,10,12,19H,4-7,9H2,(H,17,20)(H,18,21). The van der Waals surface area contributed by atoms with E-state index in [2.05, 4.69) is 10.6 Å². The smallest absolute Gasteiger partial charge is 0.313 e. The summed E-state index contributed by atoms with van der Waals surface area (Å²) in [5.41, 5.74) is 0.249. The van der Waals surface area contributed by atoms with Crippen molar-refractivity contribution in [3.63, 3.8) is 0 Å². The molecule has 0 spiro atoms. The number of hydrogen-bond acceptors (Lipinski definition) is 3. The number of rotatable bonds is 3. The Balaban J connectivity index is 1.82. The number of aliphatic hydroxyl groups is 1. The van der Waals surface area contributed by atoms with Crippen LogP contribution in [0.3, 0.4) is 0 Å². The lowest BCUT2D eigenvalue weighted by Gasteiger charge is -2.27. The summed E-state index contributed by atoms with van der Waals surface area (Å²) in [4.78, 5) is 23.5. The molecule has 1 saturated carbocycles. The summed E-state index contributed by atoms with van der Waals surface area (Å²) in [6, 6.07) is 5.34. The van der Waals surface area contributed by atoms with E-state index in [0.29, 0.717) is 5.92 Å². The highest BCUT2D eigenvalue weighted by atomic mass is 19.1. The van der Waals surface area contributed by atoms with Crippen molar-refractivity contribution in [3.05, 3.63) is 30.1 Å². The Bertz CT molecular complexity index is 513. The highest BCUT2D eigenvalue weighted by molar-refractivity contribution is 6.39. The number of nitrogens with one attached hydrogen (secondary N) is 2. The van der Waals surface area contributed by atoms with Crippen molar-refractivity contribution in [2.45, 2.75) is 31.7 Å². The van der Waals surface area contributed by atoms with Gasteiger partial charge in [-0.25, -0.2) is 4.39 Å². The average molecular weight is 294 g/mol. The molecule has 1 aliphatic rings. The largest absolute Gasteiger partial charge is 0.396 e. The second kappa shape index (κ2) is 7.17. The minimum atomic E-state index is -0.801. The summed E-state index contributed by atoms with van der Waals surface area (Å²) >= 11 is 0. The Morgan fingerprint density at radius 3 is 2.52 bits per heavy atom. The van der Waals surface area contributed by atoms with Crippen LogP contribution >= 0.6 is 0 Å². The zero-order chi connectivity index (χ0) is 15.2. The molecule has 0 bridgehead atoms. The van der Waals surface area contributed by atoms with Gasteiger partial charge in [-0.15, -0.1) is 0 Å². The van der Waals surface area contributed by atoms with E-state index in [4.69, 9.17) is 5.11 Å². The fourth-order valence-corrected chi connectivity index (χ4v) is 2.49. The monoisotopic (exact) mass is 294 g/mol. The molecule has 0 unspecified atom stereocenters. The van der Waals surface area contributed by atoms with E-state index < -0.39 is 17.6 Å². The molecule has 2 rings (SSSR count). The van der Waals surface area contributed by atoms with Crippen LogP contribution < -0.4 is 10.6 Å². The van der Waals surface area contributed by atoms with Crippen molar-refractivity contribution >= 4 is 17.5 Å². The van der Waals surface area contributed by atoms with Gasteiger partial charge in [0, 0.05) is 18.3 Å². The first-order valence-electron chi connectivity index (χ1n) is 7.06. The molecule has 6 heteroatoms. The number of benzene rings is 1. The van der Waals surface area contributed by atoms with Gasteiger partial charge in [-0.3, -0.25) is 9.59 Å². The van der Waals surface area contributed by atoms with Gasteiger partial charge in [0.15, 0.2) is 0 Å². The van der Waals surface area contributed by atoms with Gasteiger partial charge in [0.05, 0.1) is 0 Å². The number of carbonyl (C=O) groups excluding carboxylic acids is 2. The van der Waals surface area contributed by atoms with Gasteiger partial charge >= 0.3 is 11.8 Å². The van der Waals surface area contributed by atoms with Gasteiger partial charge in [-0.2, -0.15) is 0 Å². The van der Waals surface area contributed by atoms with E-state index in [1.165, 1.54) is 18.2 Å². The number of anilines is 1. The third-order valence-electron chi connectivity index (χ3n) is 3.73. The lowest BCUT2D eigenvalue weighted by atomic mass is 9.86. The van der Waals surface area contributed by atoms with Crippen molar-refractivity contribution < 1.29 is 19.1 Å². The summed E-state index contributed by atoms with van der Waals surface area (Å²) in [5, 5.41) is 14.1. The van der Waals surface area contributed by atoms with Crippen molar-refractivity contribution in [2.75, 3.05) is 11.9 Å². The molecule has 1 aromatic rings. The van der Waals surface area contributed by atoms with Gasteiger partial charge in [0.2, 0.25) is 0 Å². The summed E-state index contributed by atoms with van der Waals surface area (Å²) in [7, 11) is 0. The minimum absolute atomic E-state index is 0.0430. The van der Waals surface area contributed by atoms with E-state index >= 15 is 0 Å². The molecule has 5 nitrogen and oxygen atoms in total. The molecule has 114 valence electrons. The number of aliphatic hydroxyl groups excluding tert-OH is 1. The van der Waals surface area contributed by atoms with E-state index in [1.54, 1.807) is 0 Å². The van der Waals surface area contributed by atoms with Crippen LogP contribution in [0.15, 0.2) is 24.3 Å². The number of halogens is 1. The van der Waals surface area contributed by atoms with Crippen molar-refractivity contribution in [3.8, 4) is 0 Å². The highest BCUT2D eigenvalue weighted by Crippen LogP contribution is 2.23. The quantitative estimate of drug-likeness (QED) is 0.738. The molecule has 3 N–H and O–H groups in total. The fourth-order valence-electron chi connectivity index (χ4n) is 2.49. The molecule has 1 fully saturated rings. The summed E-state index contributed by atoms with van der Waals surface area (Å²) in [6.45, 7) is 0.167. The van der Waals surface area contributed by atoms with Crippen LogP contribution in [0.25, 0.3) is 0 Å². The minimum Gasteiger partial charge on any atom is -0.396 e.